The minimum absolute atomic E-state index is 0.0270. The molecule has 4 rings (SSSR count). The van der Waals surface area contributed by atoms with Crippen molar-refractivity contribution in [2.24, 2.45) is 28.6 Å². The Morgan fingerprint density at radius 3 is 2.56 bits per heavy atom. The molecule has 3 fully saturated rings. The van der Waals surface area contributed by atoms with E-state index < -0.39 is 46.2 Å². The molecule has 0 saturated heterocycles. The summed E-state index contributed by atoms with van der Waals surface area (Å²) in [7, 11) is 0. The molecule has 216 valence electrons. The second-order valence-electron chi connectivity index (χ2n) is 13.1. The second kappa shape index (κ2) is 10.3. The molecule has 0 aromatic carbocycles. The third-order valence-corrected chi connectivity index (χ3v) is 10.7. The molecule has 0 aromatic rings. The summed E-state index contributed by atoms with van der Waals surface area (Å²) in [5.41, 5.74) is -2.62. The quantitative estimate of drug-likeness (QED) is 0.366. The maximum atomic E-state index is 13.5. The molecule has 4 N–H and O–H groups in total. The summed E-state index contributed by atoms with van der Waals surface area (Å²) in [5, 5.41) is 35.2. The number of ketones is 2. The Kier molecular flexibility index (Phi) is 7.90. The van der Waals surface area contributed by atoms with Crippen LogP contribution in [0.3, 0.4) is 0 Å². The van der Waals surface area contributed by atoms with Crippen molar-refractivity contribution >= 4 is 35.4 Å². The number of Topliss-reactive ketones (excluding diaryl/α,β-unsaturated/α-hetero) is 1. The molecule has 7 unspecified atom stereocenters. The maximum absolute atomic E-state index is 13.5. The van der Waals surface area contributed by atoms with E-state index in [0.717, 1.165) is 30.2 Å². The van der Waals surface area contributed by atoms with Crippen molar-refractivity contribution in [1.29, 1.82) is 0 Å². The van der Waals surface area contributed by atoms with E-state index in [9.17, 15) is 34.5 Å². The number of hydrogen-bond donors (Lipinski definition) is 4. The highest BCUT2D eigenvalue weighted by atomic mass is 32.2. The normalized spacial score (nSPS) is 38.1. The van der Waals surface area contributed by atoms with E-state index in [-0.39, 0.29) is 53.7 Å². The molecule has 1 amide bonds. The molecular weight excluding hydrogens is 522 g/mol. The minimum atomic E-state index is -1.64. The van der Waals surface area contributed by atoms with Crippen LogP contribution in [-0.2, 0) is 19.1 Å². The van der Waals surface area contributed by atoms with Gasteiger partial charge in [0, 0.05) is 22.5 Å². The first-order valence-corrected chi connectivity index (χ1v) is 14.9. The zero-order valence-electron chi connectivity index (χ0n) is 23.4. The smallest absolute Gasteiger partial charge is 0.408 e. The third kappa shape index (κ3) is 5.32. The van der Waals surface area contributed by atoms with Gasteiger partial charge < -0.3 is 25.4 Å². The maximum Gasteiger partial charge on any atom is 0.408 e. The number of carboxylic acids is 1. The lowest BCUT2D eigenvalue weighted by Gasteiger charge is -2.59. The average molecular weight is 564 g/mol. The number of hydrogen-bond acceptors (Lipinski definition) is 8. The van der Waals surface area contributed by atoms with Gasteiger partial charge in [0.1, 0.15) is 17.2 Å². The molecular formula is C29H41NO8S. The monoisotopic (exact) mass is 563 g/mol. The SMILES string of the molecule is CC(C)(C)OC(=O)NC(CSCC(=O)[C@@]1(O)CCC2C3CCC4=CC(=O)C=CC4(C)C3C(O)CC21C)C(=O)O. The van der Waals surface area contributed by atoms with Gasteiger partial charge in [-0.05, 0) is 76.9 Å². The number of alkyl carbamates (subject to hydrolysis) is 1. The van der Waals surface area contributed by atoms with Gasteiger partial charge in [0.15, 0.2) is 11.6 Å². The molecule has 4 aliphatic carbocycles. The topological polar surface area (TPSA) is 150 Å². The van der Waals surface area contributed by atoms with E-state index in [2.05, 4.69) is 12.2 Å². The summed E-state index contributed by atoms with van der Waals surface area (Å²) in [4.78, 5) is 49.2. The molecule has 0 radical (unpaired) electrons. The Hall–Kier alpha value is -2.17. The molecule has 39 heavy (non-hydrogen) atoms. The first-order chi connectivity index (χ1) is 18.0. The fraction of sp³-hybridized carbons (Fsp3) is 0.724. The summed E-state index contributed by atoms with van der Waals surface area (Å²) in [6.45, 7) is 9.01. The van der Waals surface area contributed by atoms with Crippen LogP contribution >= 0.6 is 11.8 Å². The molecule has 3 saturated carbocycles. The van der Waals surface area contributed by atoms with Crippen molar-refractivity contribution in [3.63, 3.8) is 0 Å². The van der Waals surface area contributed by atoms with Gasteiger partial charge in [0.2, 0.25) is 0 Å². The van der Waals surface area contributed by atoms with Crippen LogP contribution in [0.5, 0.6) is 0 Å². The number of carboxylic acid groups (broad SMARTS) is 1. The number of aliphatic hydroxyl groups excluding tert-OH is 1. The highest BCUT2D eigenvalue weighted by Gasteiger charge is 2.67. The van der Waals surface area contributed by atoms with Crippen LogP contribution in [0.4, 0.5) is 4.79 Å². The number of aliphatic carboxylic acids is 1. The van der Waals surface area contributed by atoms with Crippen LogP contribution in [0, 0.1) is 28.6 Å². The molecule has 0 aromatic heterocycles. The van der Waals surface area contributed by atoms with Crippen LogP contribution in [0.15, 0.2) is 23.8 Å². The molecule has 0 aliphatic heterocycles. The Morgan fingerprint density at radius 1 is 1.23 bits per heavy atom. The number of carbonyl (C=O) groups is 4. The van der Waals surface area contributed by atoms with Gasteiger partial charge >= 0.3 is 12.1 Å². The molecule has 0 heterocycles. The van der Waals surface area contributed by atoms with E-state index in [1.165, 1.54) is 0 Å². The largest absolute Gasteiger partial charge is 0.480 e. The van der Waals surface area contributed by atoms with Crippen molar-refractivity contribution in [2.45, 2.75) is 90.1 Å². The Labute approximate surface area is 233 Å². The number of carbonyl (C=O) groups excluding carboxylic acids is 3. The van der Waals surface area contributed by atoms with Gasteiger partial charge in [-0.15, -0.1) is 0 Å². The van der Waals surface area contributed by atoms with E-state index in [1.807, 2.05) is 13.0 Å². The lowest BCUT2D eigenvalue weighted by molar-refractivity contribution is -0.174. The van der Waals surface area contributed by atoms with Crippen molar-refractivity contribution in [2.75, 3.05) is 11.5 Å². The number of nitrogens with one attached hydrogen (secondary N) is 1. The highest BCUT2D eigenvalue weighted by molar-refractivity contribution is 8.00. The first-order valence-electron chi connectivity index (χ1n) is 13.7. The van der Waals surface area contributed by atoms with E-state index >= 15 is 0 Å². The van der Waals surface area contributed by atoms with Crippen molar-refractivity contribution in [3.8, 4) is 0 Å². The fourth-order valence-corrected chi connectivity index (χ4v) is 8.81. The Bertz CT molecular complexity index is 1110. The fourth-order valence-electron chi connectivity index (χ4n) is 7.80. The number of allylic oxidation sites excluding steroid dienone is 4. The predicted octanol–water partition coefficient (Wildman–Crippen LogP) is 3.28. The third-order valence-electron chi connectivity index (χ3n) is 9.62. The van der Waals surface area contributed by atoms with E-state index in [4.69, 9.17) is 4.74 Å². The zero-order chi connectivity index (χ0) is 29.0. The van der Waals surface area contributed by atoms with E-state index in [1.54, 1.807) is 32.9 Å². The van der Waals surface area contributed by atoms with Gasteiger partial charge in [0.05, 0.1) is 11.9 Å². The van der Waals surface area contributed by atoms with Crippen molar-refractivity contribution < 1.29 is 39.2 Å². The number of ether oxygens (including phenoxy) is 1. The summed E-state index contributed by atoms with van der Waals surface area (Å²) in [6.07, 6.45) is 6.37. The molecule has 0 bridgehead atoms. The minimum Gasteiger partial charge on any atom is -0.480 e. The van der Waals surface area contributed by atoms with Gasteiger partial charge in [-0.1, -0.05) is 25.5 Å². The van der Waals surface area contributed by atoms with Gasteiger partial charge in [-0.3, -0.25) is 9.59 Å². The van der Waals surface area contributed by atoms with Gasteiger partial charge in [-0.25, -0.2) is 9.59 Å². The standard InChI is InChI=1S/C29H41NO8S/c1-26(2,3)38-25(36)30-20(24(34)35)14-39-15-22(33)29(37)11-9-19-18-7-6-16-12-17(31)8-10-27(16,4)23(18)21(32)13-28(19,29)5/h8,10,12,18-21,23,32,37H,6-7,9,11,13-15H2,1-5H3,(H,30,36)(H,34,35)/t18?,19?,20?,21?,23?,27?,28?,29-/m0/s1. The number of amides is 1. The molecule has 8 atom stereocenters. The summed E-state index contributed by atoms with van der Waals surface area (Å²) in [6, 6.07) is -1.25. The number of thioether (sulfide) groups is 1. The lowest BCUT2D eigenvalue weighted by Crippen LogP contribution is -2.61. The number of fused-ring (bicyclic) bond motifs is 5. The highest BCUT2D eigenvalue weighted by Crippen LogP contribution is 2.67. The van der Waals surface area contributed by atoms with Crippen LogP contribution in [0.1, 0.15) is 66.7 Å². The molecule has 4 aliphatic rings. The van der Waals surface area contributed by atoms with Gasteiger partial charge in [-0.2, -0.15) is 11.8 Å². The number of aliphatic hydroxyl groups is 2. The lowest BCUT2D eigenvalue weighted by atomic mass is 9.46. The Morgan fingerprint density at radius 2 is 1.92 bits per heavy atom. The second-order valence-corrected chi connectivity index (χ2v) is 14.1. The van der Waals surface area contributed by atoms with Crippen molar-refractivity contribution in [3.05, 3.63) is 23.8 Å². The van der Waals surface area contributed by atoms with Crippen LogP contribution in [0.25, 0.3) is 0 Å². The predicted molar refractivity (Wildman–Crippen MR) is 146 cm³/mol. The van der Waals surface area contributed by atoms with Gasteiger partial charge in [0.25, 0.3) is 0 Å². The first kappa shape index (κ1) is 29.8. The summed E-state index contributed by atoms with van der Waals surface area (Å²) < 4.78 is 5.14. The van der Waals surface area contributed by atoms with Crippen LogP contribution < -0.4 is 5.32 Å². The number of rotatable bonds is 7. The average Bonchev–Trinajstić information content (AvgIpc) is 3.08. The molecule has 10 heteroatoms. The summed E-state index contributed by atoms with van der Waals surface area (Å²) >= 11 is 1.05. The Balaban J connectivity index is 1.44. The van der Waals surface area contributed by atoms with Crippen LogP contribution in [-0.4, -0.2) is 73.8 Å². The van der Waals surface area contributed by atoms with Crippen molar-refractivity contribution in [1.82, 2.24) is 5.32 Å². The van der Waals surface area contributed by atoms with Crippen LogP contribution in [0.2, 0.25) is 0 Å². The molecule has 9 nitrogen and oxygen atoms in total. The van der Waals surface area contributed by atoms with E-state index in [0.29, 0.717) is 6.42 Å². The molecule has 0 spiro atoms. The summed E-state index contributed by atoms with van der Waals surface area (Å²) in [5.74, 6) is -1.79. The zero-order valence-corrected chi connectivity index (χ0v) is 24.2.